The van der Waals surface area contributed by atoms with Crippen molar-refractivity contribution in [1.29, 1.82) is 0 Å². The Morgan fingerprint density at radius 2 is 2.23 bits per heavy atom. The van der Waals surface area contributed by atoms with Crippen molar-refractivity contribution in [3.05, 3.63) is 40.3 Å². The lowest BCUT2D eigenvalue weighted by Gasteiger charge is -2.18. The molecule has 0 bridgehead atoms. The lowest BCUT2D eigenvalue weighted by atomic mass is 9.88. The van der Waals surface area contributed by atoms with Crippen molar-refractivity contribution in [2.45, 2.75) is 26.2 Å². The molecule has 2 aromatic rings. The second-order valence-corrected chi connectivity index (χ2v) is 6.57. The minimum atomic E-state index is -0.499. The smallest absolute Gasteiger partial charge is 0.276 e. The van der Waals surface area contributed by atoms with E-state index in [4.69, 9.17) is 5.73 Å². The van der Waals surface area contributed by atoms with Gasteiger partial charge < -0.3 is 11.1 Å². The van der Waals surface area contributed by atoms with Gasteiger partial charge in [0.2, 0.25) is 0 Å². The molecule has 0 aromatic carbocycles. The van der Waals surface area contributed by atoms with Crippen LogP contribution in [0, 0.1) is 5.92 Å². The number of hydrogen-bond donors (Lipinski definition) is 2. The lowest BCUT2D eigenvalue weighted by Crippen LogP contribution is -2.19. The standard InChI is InChI=1S/C15H16N4O2S/c1-8-2-3-9-11(6-8)22-15(12(9)13(16)20)19-14(21)10-7-17-4-5-18-10/h4-5,7-8H,2-3,6H2,1H3,(H2,16,20)(H,19,21)/t8-/m0/s1. The van der Waals surface area contributed by atoms with Crippen LogP contribution in [0.15, 0.2) is 18.6 Å². The fourth-order valence-corrected chi connectivity index (χ4v) is 4.09. The highest BCUT2D eigenvalue weighted by Gasteiger charge is 2.27. The summed E-state index contributed by atoms with van der Waals surface area (Å²) in [7, 11) is 0. The molecule has 0 unspecified atom stereocenters. The van der Waals surface area contributed by atoms with Crippen molar-refractivity contribution in [3.8, 4) is 0 Å². The summed E-state index contributed by atoms with van der Waals surface area (Å²) >= 11 is 1.44. The number of nitrogens with one attached hydrogen (secondary N) is 1. The normalized spacial score (nSPS) is 16.9. The minimum Gasteiger partial charge on any atom is -0.365 e. The number of primary amides is 1. The summed E-state index contributed by atoms with van der Waals surface area (Å²) in [5.74, 6) is -0.306. The molecule has 2 heterocycles. The van der Waals surface area contributed by atoms with E-state index in [0.717, 1.165) is 29.7 Å². The van der Waals surface area contributed by atoms with Gasteiger partial charge in [0.1, 0.15) is 10.7 Å². The van der Waals surface area contributed by atoms with Crippen LogP contribution in [-0.4, -0.2) is 21.8 Å². The summed E-state index contributed by atoms with van der Waals surface area (Å²) in [5, 5.41) is 3.27. The van der Waals surface area contributed by atoms with Crippen LogP contribution in [0.3, 0.4) is 0 Å². The van der Waals surface area contributed by atoms with Crippen LogP contribution >= 0.6 is 11.3 Å². The van der Waals surface area contributed by atoms with E-state index in [2.05, 4.69) is 22.2 Å². The summed E-state index contributed by atoms with van der Waals surface area (Å²) < 4.78 is 0. The topological polar surface area (TPSA) is 98.0 Å². The van der Waals surface area contributed by atoms with Gasteiger partial charge in [-0.15, -0.1) is 11.3 Å². The molecule has 0 spiro atoms. The van der Waals surface area contributed by atoms with Crippen molar-refractivity contribution in [2.75, 3.05) is 5.32 Å². The van der Waals surface area contributed by atoms with Gasteiger partial charge >= 0.3 is 0 Å². The molecule has 0 saturated heterocycles. The lowest BCUT2D eigenvalue weighted by molar-refractivity contribution is 0.1000. The van der Waals surface area contributed by atoms with Gasteiger partial charge in [-0.2, -0.15) is 0 Å². The summed E-state index contributed by atoms with van der Waals surface area (Å²) in [4.78, 5) is 33.0. The van der Waals surface area contributed by atoms with Crippen molar-refractivity contribution in [2.24, 2.45) is 11.7 Å². The van der Waals surface area contributed by atoms with Crippen LogP contribution in [0.5, 0.6) is 0 Å². The Labute approximate surface area is 131 Å². The van der Waals surface area contributed by atoms with E-state index >= 15 is 0 Å². The summed E-state index contributed by atoms with van der Waals surface area (Å²) in [6.45, 7) is 2.18. The number of anilines is 1. The van der Waals surface area contributed by atoms with E-state index in [0.29, 0.717) is 16.5 Å². The molecule has 2 amide bonds. The third-order valence-corrected chi connectivity index (χ3v) is 4.95. The summed E-state index contributed by atoms with van der Waals surface area (Å²) in [6.07, 6.45) is 7.10. The molecule has 2 aromatic heterocycles. The number of carbonyl (C=O) groups is 2. The van der Waals surface area contributed by atoms with E-state index < -0.39 is 5.91 Å². The summed E-state index contributed by atoms with van der Waals surface area (Å²) in [6, 6.07) is 0. The molecule has 3 N–H and O–H groups in total. The average Bonchev–Trinajstić information content (AvgIpc) is 2.85. The first kappa shape index (κ1) is 14.6. The molecule has 0 aliphatic heterocycles. The van der Waals surface area contributed by atoms with Crippen LogP contribution in [0.25, 0.3) is 0 Å². The van der Waals surface area contributed by atoms with Gasteiger partial charge in [-0.1, -0.05) is 6.92 Å². The highest BCUT2D eigenvalue weighted by Crippen LogP contribution is 2.39. The Hall–Kier alpha value is -2.28. The van der Waals surface area contributed by atoms with E-state index in [1.807, 2.05) is 0 Å². The zero-order valence-electron chi connectivity index (χ0n) is 12.1. The first-order valence-corrected chi connectivity index (χ1v) is 7.89. The van der Waals surface area contributed by atoms with Crippen molar-refractivity contribution >= 4 is 28.2 Å². The molecular formula is C15H16N4O2S. The minimum absolute atomic E-state index is 0.206. The highest BCUT2D eigenvalue weighted by atomic mass is 32.1. The van der Waals surface area contributed by atoms with Crippen molar-refractivity contribution < 1.29 is 9.59 Å². The third-order valence-electron chi connectivity index (χ3n) is 3.78. The Bertz CT molecular complexity index is 727. The molecule has 0 saturated carbocycles. The van der Waals surface area contributed by atoms with E-state index in [1.165, 1.54) is 29.9 Å². The first-order chi connectivity index (χ1) is 10.6. The molecule has 1 atom stereocenters. The van der Waals surface area contributed by atoms with Gasteiger partial charge in [-0.05, 0) is 30.7 Å². The molecule has 1 aliphatic rings. The first-order valence-electron chi connectivity index (χ1n) is 7.08. The van der Waals surface area contributed by atoms with Crippen LogP contribution in [0.1, 0.15) is 44.6 Å². The average molecular weight is 316 g/mol. The molecule has 0 fully saturated rings. The van der Waals surface area contributed by atoms with Crippen molar-refractivity contribution in [1.82, 2.24) is 9.97 Å². The fraction of sp³-hybridized carbons (Fsp3) is 0.333. The Morgan fingerprint density at radius 1 is 1.41 bits per heavy atom. The third kappa shape index (κ3) is 2.71. The molecule has 3 rings (SSSR count). The molecule has 6 nitrogen and oxygen atoms in total. The number of nitrogens with two attached hydrogens (primary N) is 1. The van der Waals surface area contributed by atoms with Crippen LogP contribution < -0.4 is 11.1 Å². The molecule has 7 heteroatoms. The van der Waals surface area contributed by atoms with E-state index in [1.54, 1.807) is 0 Å². The van der Waals surface area contributed by atoms with Gasteiger partial charge in [-0.25, -0.2) is 4.98 Å². The number of fused-ring (bicyclic) bond motifs is 1. The summed E-state index contributed by atoms with van der Waals surface area (Å²) in [5.41, 5.74) is 7.17. The maximum atomic E-state index is 12.2. The molecular weight excluding hydrogens is 300 g/mol. The van der Waals surface area contributed by atoms with Gasteiger partial charge in [0, 0.05) is 17.3 Å². The largest absolute Gasteiger partial charge is 0.365 e. The Balaban J connectivity index is 1.94. The highest BCUT2D eigenvalue weighted by molar-refractivity contribution is 7.17. The molecule has 0 radical (unpaired) electrons. The zero-order chi connectivity index (χ0) is 15.7. The van der Waals surface area contributed by atoms with Gasteiger partial charge in [-0.3, -0.25) is 14.6 Å². The van der Waals surface area contributed by atoms with E-state index in [-0.39, 0.29) is 11.6 Å². The fourth-order valence-electron chi connectivity index (χ4n) is 2.68. The predicted octanol–water partition coefficient (Wildman–Crippen LogP) is 2.01. The number of hydrogen-bond acceptors (Lipinski definition) is 5. The van der Waals surface area contributed by atoms with Crippen LogP contribution in [0.2, 0.25) is 0 Å². The molecule has 114 valence electrons. The number of amides is 2. The Morgan fingerprint density at radius 3 is 2.91 bits per heavy atom. The molecule has 1 aliphatic carbocycles. The number of rotatable bonds is 3. The quantitative estimate of drug-likeness (QED) is 0.905. The number of nitrogens with zero attached hydrogens (tertiary/aromatic N) is 2. The van der Waals surface area contributed by atoms with Gasteiger partial charge in [0.05, 0.1) is 11.8 Å². The zero-order valence-corrected chi connectivity index (χ0v) is 12.9. The van der Waals surface area contributed by atoms with Gasteiger partial charge in [0.25, 0.3) is 11.8 Å². The number of carbonyl (C=O) groups excluding carboxylic acids is 2. The molecule has 22 heavy (non-hydrogen) atoms. The Kier molecular flexibility index (Phi) is 3.89. The maximum Gasteiger partial charge on any atom is 0.276 e. The van der Waals surface area contributed by atoms with Crippen LogP contribution in [0.4, 0.5) is 5.00 Å². The van der Waals surface area contributed by atoms with Crippen LogP contribution in [-0.2, 0) is 12.8 Å². The maximum absolute atomic E-state index is 12.2. The number of thiophene rings is 1. The second kappa shape index (κ2) is 5.84. The number of aromatic nitrogens is 2. The van der Waals surface area contributed by atoms with E-state index in [9.17, 15) is 9.59 Å². The van der Waals surface area contributed by atoms with Crippen molar-refractivity contribution in [3.63, 3.8) is 0 Å². The predicted molar refractivity (Wildman–Crippen MR) is 84.0 cm³/mol. The monoisotopic (exact) mass is 316 g/mol. The second-order valence-electron chi connectivity index (χ2n) is 5.46. The van der Waals surface area contributed by atoms with Gasteiger partial charge in [0.15, 0.2) is 0 Å². The SMILES string of the molecule is C[C@H]1CCc2c(sc(NC(=O)c3cnccn3)c2C(N)=O)C1.